The first kappa shape index (κ1) is 24.8. The van der Waals surface area contributed by atoms with Crippen molar-refractivity contribution in [3.05, 3.63) is 39.9 Å². The third kappa shape index (κ3) is 7.01. The van der Waals surface area contributed by atoms with Crippen molar-refractivity contribution >= 4 is 48.1 Å². The molecule has 11 nitrogen and oxygen atoms in total. The summed E-state index contributed by atoms with van der Waals surface area (Å²) in [5, 5.41) is 20.1. The minimum Gasteiger partial charge on any atom is -0.445 e. The van der Waals surface area contributed by atoms with E-state index in [-0.39, 0.29) is 29.3 Å². The molecule has 0 spiro atoms. The van der Waals surface area contributed by atoms with Crippen molar-refractivity contribution in [3.63, 3.8) is 0 Å². The van der Waals surface area contributed by atoms with Crippen molar-refractivity contribution in [1.29, 1.82) is 0 Å². The number of aliphatic hydroxyl groups is 1. The van der Waals surface area contributed by atoms with E-state index in [2.05, 4.69) is 12.6 Å². The maximum absolute atomic E-state index is 12.5. The third-order valence-corrected chi connectivity index (χ3v) is 6.00. The van der Waals surface area contributed by atoms with Gasteiger partial charge in [-0.2, -0.15) is 12.6 Å². The fourth-order valence-corrected chi connectivity index (χ4v) is 4.52. The van der Waals surface area contributed by atoms with E-state index in [1.807, 2.05) is 0 Å². The van der Waals surface area contributed by atoms with Crippen LogP contribution in [0.25, 0.3) is 0 Å². The van der Waals surface area contributed by atoms with Gasteiger partial charge in [-0.1, -0.05) is 0 Å². The topological polar surface area (TPSA) is 156 Å². The van der Waals surface area contributed by atoms with Gasteiger partial charge in [-0.3, -0.25) is 14.9 Å². The monoisotopic (exact) mass is 472 g/mol. The molecule has 1 aliphatic heterocycles. The molecule has 1 fully saturated rings. The van der Waals surface area contributed by atoms with Gasteiger partial charge in [0.2, 0.25) is 5.91 Å². The van der Waals surface area contributed by atoms with Gasteiger partial charge in [0.15, 0.2) is 0 Å². The second kappa shape index (κ2) is 11.2. The smallest absolute Gasteiger partial charge is 0.410 e. The molecule has 0 aliphatic carbocycles. The maximum atomic E-state index is 12.5. The van der Waals surface area contributed by atoms with Gasteiger partial charge in [0.1, 0.15) is 12.8 Å². The van der Waals surface area contributed by atoms with Crippen LogP contribution < -0.4 is 5.73 Å². The predicted octanol–water partition coefficient (Wildman–Crippen LogP) is 1.58. The lowest BCUT2D eigenvalue weighted by atomic mass is 10.2. The van der Waals surface area contributed by atoms with E-state index in [0.29, 0.717) is 29.2 Å². The molecule has 1 saturated heterocycles. The zero-order chi connectivity index (χ0) is 23.1. The second-order valence-electron chi connectivity index (χ2n) is 6.92. The molecule has 31 heavy (non-hydrogen) atoms. The van der Waals surface area contributed by atoms with E-state index in [1.54, 1.807) is 0 Å². The fraction of sp³-hybridized carbons (Fsp3) is 0.500. The number of nitro benzene ring substituents is 1. The minimum absolute atomic E-state index is 0.0368. The molecule has 13 heteroatoms. The van der Waals surface area contributed by atoms with Crippen LogP contribution in [0.15, 0.2) is 24.3 Å². The number of non-ortho nitro benzene ring substituents is 1. The van der Waals surface area contributed by atoms with E-state index in [9.17, 15) is 29.6 Å². The number of rotatable bonds is 8. The van der Waals surface area contributed by atoms with Crippen molar-refractivity contribution in [2.45, 2.75) is 37.5 Å². The Morgan fingerprint density at radius 1 is 1.42 bits per heavy atom. The molecule has 4 amide bonds. The van der Waals surface area contributed by atoms with Crippen LogP contribution in [-0.2, 0) is 16.1 Å². The normalized spacial score (nSPS) is 19.0. The third-order valence-electron chi connectivity index (χ3n) is 4.55. The van der Waals surface area contributed by atoms with Crippen LogP contribution in [0.3, 0.4) is 0 Å². The van der Waals surface area contributed by atoms with Crippen LogP contribution in [-0.4, -0.2) is 73.4 Å². The molecular formula is C18H24N4O7S2. The van der Waals surface area contributed by atoms with Crippen LogP contribution in [0.2, 0.25) is 0 Å². The Kier molecular flexibility index (Phi) is 8.95. The molecule has 0 bridgehead atoms. The Morgan fingerprint density at radius 2 is 2.06 bits per heavy atom. The van der Waals surface area contributed by atoms with E-state index >= 15 is 0 Å². The van der Waals surface area contributed by atoms with Gasteiger partial charge in [0, 0.05) is 35.7 Å². The number of nitrogens with zero attached hydrogens (tertiary/aromatic N) is 3. The summed E-state index contributed by atoms with van der Waals surface area (Å²) >= 11 is 5.64. The first-order valence-electron chi connectivity index (χ1n) is 9.32. The van der Waals surface area contributed by atoms with Crippen molar-refractivity contribution in [2.24, 2.45) is 5.73 Å². The number of benzene rings is 1. The van der Waals surface area contributed by atoms with Crippen LogP contribution in [0, 0.1) is 10.1 Å². The molecule has 0 saturated carbocycles. The van der Waals surface area contributed by atoms with Gasteiger partial charge in [-0.25, -0.2) is 14.5 Å². The van der Waals surface area contributed by atoms with Gasteiger partial charge < -0.3 is 20.5 Å². The average Bonchev–Trinajstić information content (AvgIpc) is 3.06. The molecule has 3 atom stereocenters. The number of imide groups is 1. The first-order chi connectivity index (χ1) is 14.6. The number of likely N-dealkylation sites (tertiary alicyclic amines) is 1. The maximum Gasteiger partial charge on any atom is 0.410 e. The Labute approximate surface area is 188 Å². The van der Waals surface area contributed by atoms with Gasteiger partial charge in [-0.15, -0.1) is 11.8 Å². The summed E-state index contributed by atoms with van der Waals surface area (Å²) in [7, 11) is 0. The lowest BCUT2D eigenvalue weighted by molar-refractivity contribution is -0.384. The number of nitro groups is 1. The molecule has 1 heterocycles. The molecule has 2 rings (SSSR count). The Morgan fingerprint density at radius 3 is 2.61 bits per heavy atom. The van der Waals surface area contributed by atoms with Crippen LogP contribution in [0.1, 0.15) is 18.9 Å². The van der Waals surface area contributed by atoms with Gasteiger partial charge in [-0.05, 0) is 31.0 Å². The second-order valence-corrected chi connectivity index (χ2v) is 8.68. The Hall–Kier alpha value is -2.51. The minimum atomic E-state index is -1.33. The van der Waals surface area contributed by atoms with Crippen molar-refractivity contribution in [2.75, 3.05) is 18.1 Å². The van der Waals surface area contributed by atoms with Crippen LogP contribution in [0.4, 0.5) is 15.3 Å². The summed E-state index contributed by atoms with van der Waals surface area (Å²) in [6.45, 7) is 1.60. The molecule has 1 aromatic carbocycles. The number of amides is 4. The first-order valence-corrected chi connectivity index (χ1v) is 11.0. The zero-order valence-electron chi connectivity index (χ0n) is 16.7. The number of hydrogen-bond acceptors (Lipinski definition) is 9. The quantitative estimate of drug-likeness (QED) is 0.223. The molecule has 0 aromatic heterocycles. The van der Waals surface area contributed by atoms with Gasteiger partial charge >= 0.3 is 12.1 Å². The largest absolute Gasteiger partial charge is 0.445 e. The Bertz CT molecular complexity index is 822. The predicted molar refractivity (Wildman–Crippen MR) is 117 cm³/mol. The van der Waals surface area contributed by atoms with Gasteiger partial charge in [0.05, 0.1) is 10.7 Å². The molecule has 1 aromatic rings. The standard InChI is InChI=1S/C18H24N4O7S2/c1-11(23)21(17(19)25)16(24)10-31-9-14-6-15(30)7-20(14)18(26)29-8-12-2-4-13(5-3-12)22(27)28/h2-5,11,14-15,23,30H,6-10H2,1H3,(H2,19,25). The highest BCUT2D eigenvalue weighted by Crippen LogP contribution is 2.26. The number of carbonyl (C=O) groups is 3. The SMILES string of the molecule is CC(O)N(C(N)=O)C(=O)CSCC1CC(S)CN1C(=O)OCc1ccc([N+](=O)[O-])cc1. The fourth-order valence-electron chi connectivity index (χ4n) is 3.08. The van der Waals surface area contributed by atoms with E-state index in [4.69, 9.17) is 10.5 Å². The summed E-state index contributed by atoms with van der Waals surface area (Å²) in [4.78, 5) is 48.2. The number of ether oxygens (including phenoxy) is 1. The number of urea groups is 1. The summed E-state index contributed by atoms with van der Waals surface area (Å²) in [5.41, 5.74) is 5.66. The summed E-state index contributed by atoms with van der Waals surface area (Å²) in [6.07, 6.45) is -1.27. The molecule has 0 radical (unpaired) electrons. The average molecular weight is 473 g/mol. The number of primary amides is 1. The number of carbonyl (C=O) groups excluding carboxylic acids is 3. The number of thioether (sulfide) groups is 1. The molecule has 3 N–H and O–H groups in total. The van der Waals surface area contributed by atoms with Crippen molar-refractivity contribution < 1.29 is 29.2 Å². The number of nitrogens with two attached hydrogens (primary N) is 1. The summed E-state index contributed by atoms with van der Waals surface area (Å²) < 4.78 is 5.32. The van der Waals surface area contributed by atoms with Crippen LogP contribution >= 0.6 is 24.4 Å². The molecule has 3 unspecified atom stereocenters. The lowest BCUT2D eigenvalue weighted by Gasteiger charge is -2.24. The molecular weight excluding hydrogens is 448 g/mol. The highest BCUT2D eigenvalue weighted by Gasteiger charge is 2.35. The van der Waals surface area contributed by atoms with Crippen LogP contribution in [0.5, 0.6) is 0 Å². The zero-order valence-corrected chi connectivity index (χ0v) is 18.5. The lowest BCUT2D eigenvalue weighted by Crippen LogP contribution is -2.47. The van der Waals surface area contributed by atoms with E-state index in [1.165, 1.54) is 47.9 Å². The number of thiol groups is 1. The van der Waals surface area contributed by atoms with Gasteiger partial charge in [0.25, 0.3) is 5.69 Å². The highest BCUT2D eigenvalue weighted by molar-refractivity contribution is 8.00. The number of hydrogen-bond donors (Lipinski definition) is 3. The van der Waals surface area contributed by atoms with Crippen molar-refractivity contribution in [3.8, 4) is 0 Å². The van der Waals surface area contributed by atoms with E-state index < -0.39 is 29.2 Å². The van der Waals surface area contributed by atoms with Crippen molar-refractivity contribution in [1.82, 2.24) is 9.80 Å². The molecule has 170 valence electrons. The summed E-state index contributed by atoms with van der Waals surface area (Å²) in [5.74, 6) is -0.310. The highest BCUT2D eigenvalue weighted by atomic mass is 32.2. The van der Waals surface area contributed by atoms with E-state index in [0.717, 1.165) is 0 Å². The molecule has 1 aliphatic rings. The number of aliphatic hydroxyl groups excluding tert-OH is 1. The Balaban J connectivity index is 1.87. The summed E-state index contributed by atoms with van der Waals surface area (Å²) in [6, 6.07) is 4.45.